The first-order chi connectivity index (χ1) is 6.29. The van der Waals surface area contributed by atoms with Crippen LogP contribution in [0, 0.1) is 5.92 Å². The zero-order valence-corrected chi connectivity index (χ0v) is 8.64. The summed E-state index contributed by atoms with van der Waals surface area (Å²) in [6, 6.07) is 0. The second-order valence-corrected chi connectivity index (χ2v) is 4.81. The van der Waals surface area contributed by atoms with Crippen molar-refractivity contribution in [3.05, 3.63) is 0 Å². The van der Waals surface area contributed by atoms with Gasteiger partial charge in [0.25, 0.3) is 0 Å². The maximum Gasteiger partial charge on any atom is 0.0778 e. The van der Waals surface area contributed by atoms with E-state index in [0.717, 1.165) is 19.1 Å². The second-order valence-electron chi connectivity index (χ2n) is 4.81. The monoisotopic (exact) mass is 183 g/mol. The molecule has 1 atom stereocenters. The van der Waals surface area contributed by atoms with Gasteiger partial charge in [0.15, 0.2) is 0 Å². The summed E-state index contributed by atoms with van der Waals surface area (Å²) in [7, 11) is 0. The van der Waals surface area contributed by atoms with Crippen molar-refractivity contribution in [1.29, 1.82) is 0 Å². The van der Waals surface area contributed by atoms with Gasteiger partial charge in [-0.2, -0.15) is 0 Å². The van der Waals surface area contributed by atoms with Crippen LogP contribution < -0.4 is 5.32 Å². The Morgan fingerprint density at radius 3 is 2.92 bits per heavy atom. The minimum absolute atomic E-state index is 0.132. The van der Waals surface area contributed by atoms with E-state index >= 15 is 0 Å². The molecule has 0 aromatic carbocycles. The Hall–Kier alpha value is -0.0800. The minimum Gasteiger partial charge on any atom is -0.374 e. The molecule has 76 valence electrons. The van der Waals surface area contributed by atoms with Crippen LogP contribution in [0.2, 0.25) is 0 Å². The van der Waals surface area contributed by atoms with Crippen LogP contribution in [-0.4, -0.2) is 25.3 Å². The summed E-state index contributed by atoms with van der Waals surface area (Å²) < 4.78 is 5.96. The number of hydrogen-bond acceptors (Lipinski definition) is 2. The van der Waals surface area contributed by atoms with Crippen LogP contribution in [0.3, 0.4) is 0 Å². The third-order valence-corrected chi connectivity index (χ3v) is 3.23. The molecule has 1 heterocycles. The zero-order chi connectivity index (χ0) is 9.15. The van der Waals surface area contributed by atoms with Crippen LogP contribution in [-0.2, 0) is 4.74 Å². The molecule has 1 saturated heterocycles. The summed E-state index contributed by atoms with van der Waals surface area (Å²) in [4.78, 5) is 0. The lowest BCUT2D eigenvalue weighted by Crippen LogP contribution is -2.45. The molecule has 1 unspecified atom stereocenters. The highest BCUT2D eigenvalue weighted by atomic mass is 16.5. The molecule has 2 heteroatoms. The standard InChI is InChI=1S/C11H21NO/c1-11(6-2-7-12-9-11)13-8-5-10-3-4-10/h10,12H,2-9H2,1H3. The third-order valence-electron chi connectivity index (χ3n) is 3.23. The van der Waals surface area contributed by atoms with Crippen molar-refractivity contribution in [3.63, 3.8) is 0 Å². The maximum atomic E-state index is 5.96. The largest absolute Gasteiger partial charge is 0.374 e. The van der Waals surface area contributed by atoms with Gasteiger partial charge in [-0.25, -0.2) is 0 Å². The van der Waals surface area contributed by atoms with Crippen molar-refractivity contribution >= 4 is 0 Å². The van der Waals surface area contributed by atoms with E-state index in [2.05, 4.69) is 12.2 Å². The first-order valence-corrected chi connectivity index (χ1v) is 5.63. The fraction of sp³-hybridized carbons (Fsp3) is 1.00. The molecule has 1 aliphatic carbocycles. The molecule has 0 spiro atoms. The molecule has 2 nitrogen and oxygen atoms in total. The SMILES string of the molecule is CC1(OCCC2CC2)CCCNC1. The summed E-state index contributed by atoms with van der Waals surface area (Å²) in [5, 5.41) is 3.40. The van der Waals surface area contributed by atoms with Crippen LogP contribution in [0.15, 0.2) is 0 Å². The van der Waals surface area contributed by atoms with E-state index in [1.54, 1.807) is 0 Å². The predicted octanol–water partition coefficient (Wildman–Crippen LogP) is 1.95. The highest BCUT2D eigenvalue weighted by Gasteiger charge is 2.28. The summed E-state index contributed by atoms with van der Waals surface area (Å²) >= 11 is 0. The summed E-state index contributed by atoms with van der Waals surface area (Å²) in [5.74, 6) is 1.00. The van der Waals surface area contributed by atoms with Gasteiger partial charge in [0.05, 0.1) is 5.60 Å². The van der Waals surface area contributed by atoms with Gasteiger partial charge in [-0.05, 0) is 38.6 Å². The van der Waals surface area contributed by atoms with Crippen molar-refractivity contribution < 1.29 is 4.74 Å². The Balaban J connectivity index is 1.64. The quantitative estimate of drug-likeness (QED) is 0.719. The average molecular weight is 183 g/mol. The zero-order valence-electron chi connectivity index (χ0n) is 8.64. The van der Waals surface area contributed by atoms with Crippen LogP contribution in [0.5, 0.6) is 0 Å². The molecule has 2 aliphatic rings. The molecular formula is C11H21NO. The van der Waals surface area contributed by atoms with Crippen molar-refractivity contribution in [2.45, 2.75) is 44.6 Å². The van der Waals surface area contributed by atoms with Gasteiger partial charge < -0.3 is 10.1 Å². The average Bonchev–Trinajstić information content (AvgIpc) is 2.89. The molecule has 0 aromatic rings. The number of rotatable bonds is 4. The van der Waals surface area contributed by atoms with Gasteiger partial charge in [-0.3, -0.25) is 0 Å². The second kappa shape index (κ2) is 3.97. The summed E-state index contributed by atoms with van der Waals surface area (Å²) in [5.41, 5.74) is 0.132. The van der Waals surface area contributed by atoms with E-state index in [9.17, 15) is 0 Å². The summed E-state index contributed by atoms with van der Waals surface area (Å²) in [6.45, 7) is 5.42. The van der Waals surface area contributed by atoms with E-state index in [-0.39, 0.29) is 5.60 Å². The van der Waals surface area contributed by atoms with E-state index in [0.29, 0.717) is 0 Å². The molecule has 1 N–H and O–H groups in total. The number of ether oxygens (including phenoxy) is 1. The van der Waals surface area contributed by atoms with Crippen molar-refractivity contribution in [2.24, 2.45) is 5.92 Å². The third kappa shape index (κ3) is 2.96. The lowest BCUT2D eigenvalue weighted by Gasteiger charge is -2.34. The Morgan fingerprint density at radius 1 is 1.46 bits per heavy atom. The van der Waals surface area contributed by atoms with Gasteiger partial charge >= 0.3 is 0 Å². The highest BCUT2D eigenvalue weighted by molar-refractivity contribution is 4.83. The van der Waals surface area contributed by atoms with E-state index in [1.165, 1.54) is 38.6 Å². The lowest BCUT2D eigenvalue weighted by atomic mass is 9.96. The highest BCUT2D eigenvalue weighted by Crippen LogP contribution is 2.33. The molecule has 1 saturated carbocycles. The van der Waals surface area contributed by atoms with Crippen LogP contribution in [0.25, 0.3) is 0 Å². The molecule has 1 aliphatic heterocycles. The van der Waals surface area contributed by atoms with Crippen molar-refractivity contribution in [1.82, 2.24) is 5.32 Å². The number of nitrogens with one attached hydrogen (secondary N) is 1. The lowest BCUT2D eigenvalue weighted by molar-refractivity contribution is -0.0486. The van der Waals surface area contributed by atoms with Gasteiger partial charge in [-0.15, -0.1) is 0 Å². The first-order valence-electron chi connectivity index (χ1n) is 5.63. The molecule has 0 aromatic heterocycles. The summed E-state index contributed by atoms with van der Waals surface area (Å²) in [6.07, 6.45) is 6.66. The van der Waals surface area contributed by atoms with Crippen molar-refractivity contribution in [2.75, 3.05) is 19.7 Å². The van der Waals surface area contributed by atoms with E-state index in [1.807, 2.05) is 0 Å². The van der Waals surface area contributed by atoms with E-state index < -0.39 is 0 Å². The Kier molecular flexibility index (Phi) is 2.89. The fourth-order valence-corrected chi connectivity index (χ4v) is 2.03. The molecular weight excluding hydrogens is 162 g/mol. The number of piperidine rings is 1. The molecule has 2 rings (SSSR count). The first kappa shape index (κ1) is 9.47. The molecule has 13 heavy (non-hydrogen) atoms. The van der Waals surface area contributed by atoms with Crippen LogP contribution in [0.4, 0.5) is 0 Å². The van der Waals surface area contributed by atoms with Crippen LogP contribution >= 0.6 is 0 Å². The maximum absolute atomic E-state index is 5.96. The fourth-order valence-electron chi connectivity index (χ4n) is 2.03. The molecule has 0 bridgehead atoms. The Morgan fingerprint density at radius 2 is 2.31 bits per heavy atom. The van der Waals surface area contributed by atoms with Gasteiger partial charge in [0, 0.05) is 13.2 Å². The van der Waals surface area contributed by atoms with Crippen LogP contribution in [0.1, 0.15) is 39.0 Å². The molecule has 0 amide bonds. The van der Waals surface area contributed by atoms with Gasteiger partial charge in [0.2, 0.25) is 0 Å². The number of hydrogen-bond donors (Lipinski definition) is 1. The molecule has 2 fully saturated rings. The smallest absolute Gasteiger partial charge is 0.0778 e. The van der Waals surface area contributed by atoms with Crippen molar-refractivity contribution in [3.8, 4) is 0 Å². The Labute approximate surface area is 81.0 Å². The topological polar surface area (TPSA) is 21.3 Å². The normalized spacial score (nSPS) is 34.8. The minimum atomic E-state index is 0.132. The van der Waals surface area contributed by atoms with E-state index in [4.69, 9.17) is 4.74 Å². The van der Waals surface area contributed by atoms with Gasteiger partial charge in [-0.1, -0.05) is 12.8 Å². The molecule has 0 radical (unpaired) electrons. The Bertz CT molecular complexity index is 159. The predicted molar refractivity (Wildman–Crippen MR) is 53.8 cm³/mol. The van der Waals surface area contributed by atoms with Gasteiger partial charge in [0.1, 0.15) is 0 Å².